The normalized spacial score (nSPS) is 10.7. The van der Waals surface area contributed by atoms with Crippen molar-refractivity contribution < 1.29 is 9.90 Å². The minimum absolute atomic E-state index is 0.00368. The van der Waals surface area contributed by atoms with Crippen molar-refractivity contribution in [2.45, 2.75) is 32.9 Å². The van der Waals surface area contributed by atoms with Gasteiger partial charge in [-0.3, -0.25) is 14.2 Å². The van der Waals surface area contributed by atoms with E-state index in [4.69, 9.17) is 5.11 Å². The SMILES string of the molecule is CC(C)NC(=O)Cn1c(-c2ccccc2)cn2cc(C#CCCO)cc2c1=O. The third-order valence-corrected chi connectivity index (χ3v) is 4.16. The van der Waals surface area contributed by atoms with Gasteiger partial charge in [-0.15, -0.1) is 0 Å². The van der Waals surface area contributed by atoms with Gasteiger partial charge in [-0.05, 0) is 25.5 Å². The Bertz CT molecular complexity index is 1100. The Balaban J connectivity index is 2.14. The summed E-state index contributed by atoms with van der Waals surface area (Å²) >= 11 is 0. The molecule has 0 unspecified atom stereocenters. The lowest BCUT2D eigenvalue weighted by Crippen LogP contribution is -2.36. The van der Waals surface area contributed by atoms with Crippen molar-refractivity contribution in [1.82, 2.24) is 14.3 Å². The van der Waals surface area contributed by atoms with E-state index in [1.54, 1.807) is 16.7 Å². The van der Waals surface area contributed by atoms with E-state index in [1.807, 2.05) is 50.4 Å². The lowest BCUT2D eigenvalue weighted by Gasteiger charge is -2.15. The topological polar surface area (TPSA) is 75.7 Å². The quantitative estimate of drug-likeness (QED) is 0.668. The van der Waals surface area contributed by atoms with Gasteiger partial charge in [0, 0.05) is 30.4 Å². The fourth-order valence-corrected chi connectivity index (χ4v) is 3.00. The lowest BCUT2D eigenvalue weighted by atomic mass is 10.1. The van der Waals surface area contributed by atoms with Gasteiger partial charge in [0.1, 0.15) is 12.1 Å². The van der Waals surface area contributed by atoms with Crippen LogP contribution in [0, 0.1) is 11.8 Å². The van der Waals surface area contributed by atoms with Crippen LogP contribution in [0.1, 0.15) is 25.8 Å². The molecule has 3 rings (SSSR count). The van der Waals surface area contributed by atoms with Crippen molar-refractivity contribution in [3.05, 3.63) is 64.7 Å². The second kappa shape index (κ2) is 8.59. The smallest absolute Gasteiger partial charge is 0.275 e. The average molecular weight is 377 g/mol. The molecular formula is C22H23N3O3. The molecule has 0 saturated heterocycles. The molecule has 0 spiro atoms. The van der Waals surface area contributed by atoms with E-state index < -0.39 is 0 Å². The highest BCUT2D eigenvalue weighted by Gasteiger charge is 2.15. The second-order valence-corrected chi connectivity index (χ2v) is 6.79. The van der Waals surface area contributed by atoms with Crippen molar-refractivity contribution in [1.29, 1.82) is 0 Å². The maximum atomic E-state index is 13.2. The predicted molar refractivity (Wildman–Crippen MR) is 109 cm³/mol. The Morgan fingerprint density at radius 1 is 1.21 bits per heavy atom. The summed E-state index contributed by atoms with van der Waals surface area (Å²) < 4.78 is 3.23. The zero-order chi connectivity index (χ0) is 20.1. The van der Waals surface area contributed by atoms with E-state index in [9.17, 15) is 9.59 Å². The number of nitrogens with one attached hydrogen (secondary N) is 1. The maximum Gasteiger partial charge on any atom is 0.275 e. The molecule has 0 radical (unpaired) electrons. The summed E-state index contributed by atoms with van der Waals surface area (Å²) in [5.74, 6) is 5.60. The molecule has 6 heteroatoms. The number of carbonyl (C=O) groups is 1. The third kappa shape index (κ3) is 4.33. The highest BCUT2D eigenvalue weighted by atomic mass is 16.2. The molecule has 1 aromatic carbocycles. The van der Waals surface area contributed by atoms with Gasteiger partial charge >= 0.3 is 0 Å². The van der Waals surface area contributed by atoms with Crippen LogP contribution in [-0.2, 0) is 11.3 Å². The van der Waals surface area contributed by atoms with Crippen LogP contribution in [0.3, 0.4) is 0 Å². The number of hydrogen-bond donors (Lipinski definition) is 2. The minimum Gasteiger partial charge on any atom is -0.395 e. The zero-order valence-corrected chi connectivity index (χ0v) is 16.0. The van der Waals surface area contributed by atoms with Gasteiger partial charge in [0.15, 0.2) is 0 Å². The standard InChI is InChI=1S/C22H23N3O3/c1-16(2)23-21(27)15-25-20(18-9-4-3-5-10-18)14-24-13-17(8-6-7-11-26)12-19(24)22(25)28/h3-5,9-10,12-14,16,26H,7,11,15H2,1-2H3,(H,23,27). The predicted octanol–water partition coefficient (Wildman–Crippen LogP) is 2.03. The summed E-state index contributed by atoms with van der Waals surface area (Å²) in [6, 6.07) is 11.2. The number of nitrogens with zero attached hydrogens (tertiary/aromatic N) is 2. The number of amides is 1. The first-order valence-corrected chi connectivity index (χ1v) is 9.19. The van der Waals surface area contributed by atoms with Gasteiger partial charge in [0.05, 0.1) is 12.3 Å². The fraction of sp³-hybridized carbons (Fsp3) is 0.273. The third-order valence-electron chi connectivity index (χ3n) is 4.16. The molecule has 0 fully saturated rings. The van der Waals surface area contributed by atoms with Gasteiger partial charge in [-0.2, -0.15) is 0 Å². The van der Waals surface area contributed by atoms with E-state index in [2.05, 4.69) is 17.2 Å². The van der Waals surface area contributed by atoms with Gasteiger partial charge in [0.25, 0.3) is 5.56 Å². The first-order chi connectivity index (χ1) is 13.5. The molecular weight excluding hydrogens is 354 g/mol. The molecule has 0 aliphatic heterocycles. The van der Waals surface area contributed by atoms with Crippen molar-refractivity contribution in [3.8, 4) is 23.1 Å². The molecule has 28 heavy (non-hydrogen) atoms. The van der Waals surface area contributed by atoms with Crippen LogP contribution in [0.5, 0.6) is 0 Å². The number of aliphatic hydroxyl groups excluding tert-OH is 1. The van der Waals surface area contributed by atoms with Crippen molar-refractivity contribution >= 4 is 11.4 Å². The minimum atomic E-state index is -0.254. The van der Waals surface area contributed by atoms with Crippen LogP contribution >= 0.6 is 0 Å². The van der Waals surface area contributed by atoms with Crippen LogP contribution in [0.2, 0.25) is 0 Å². The Morgan fingerprint density at radius 2 is 1.96 bits per heavy atom. The Morgan fingerprint density at radius 3 is 2.64 bits per heavy atom. The molecule has 0 saturated carbocycles. The lowest BCUT2D eigenvalue weighted by molar-refractivity contribution is -0.122. The van der Waals surface area contributed by atoms with E-state index in [1.165, 1.54) is 4.57 Å². The van der Waals surface area contributed by atoms with Gasteiger partial charge in [0.2, 0.25) is 5.91 Å². The number of rotatable bonds is 5. The van der Waals surface area contributed by atoms with Crippen LogP contribution in [0.15, 0.2) is 53.6 Å². The first kappa shape index (κ1) is 19.5. The number of aliphatic hydroxyl groups is 1. The Kier molecular flexibility index (Phi) is 5.97. The van der Waals surface area contributed by atoms with Crippen LogP contribution < -0.4 is 10.9 Å². The van der Waals surface area contributed by atoms with Crippen molar-refractivity contribution in [3.63, 3.8) is 0 Å². The number of carbonyl (C=O) groups excluding carboxylic acids is 1. The number of benzene rings is 1. The van der Waals surface area contributed by atoms with E-state index in [0.29, 0.717) is 23.2 Å². The second-order valence-electron chi connectivity index (χ2n) is 6.79. The van der Waals surface area contributed by atoms with Crippen molar-refractivity contribution in [2.75, 3.05) is 6.61 Å². The summed E-state index contributed by atoms with van der Waals surface area (Å²) in [7, 11) is 0. The summed E-state index contributed by atoms with van der Waals surface area (Å²) in [5, 5.41) is 11.7. The molecule has 0 atom stereocenters. The number of aromatic nitrogens is 2. The van der Waals surface area contributed by atoms with E-state index in [0.717, 1.165) is 5.56 Å². The Hall–Kier alpha value is -3.30. The summed E-state index contributed by atoms with van der Waals surface area (Å²) in [5.41, 5.74) is 2.39. The molecule has 2 N–H and O–H groups in total. The summed E-state index contributed by atoms with van der Waals surface area (Å²) in [6.07, 6.45) is 4.00. The van der Waals surface area contributed by atoms with Gasteiger partial charge in [-0.25, -0.2) is 0 Å². The summed E-state index contributed by atoms with van der Waals surface area (Å²) in [6.45, 7) is 3.70. The van der Waals surface area contributed by atoms with Crippen molar-refractivity contribution in [2.24, 2.45) is 0 Å². The van der Waals surface area contributed by atoms with Crippen LogP contribution in [0.4, 0.5) is 0 Å². The molecule has 1 amide bonds. The van der Waals surface area contributed by atoms with E-state index >= 15 is 0 Å². The first-order valence-electron chi connectivity index (χ1n) is 9.19. The molecule has 2 heterocycles. The van der Waals surface area contributed by atoms with Crippen LogP contribution in [0.25, 0.3) is 16.8 Å². The van der Waals surface area contributed by atoms with Gasteiger partial charge in [-0.1, -0.05) is 42.2 Å². The monoisotopic (exact) mass is 377 g/mol. The largest absolute Gasteiger partial charge is 0.395 e. The summed E-state index contributed by atoms with van der Waals surface area (Å²) in [4.78, 5) is 25.5. The molecule has 0 bridgehead atoms. The zero-order valence-electron chi connectivity index (χ0n) is 16.0. The molecule has 3 aromatic rings. The fourth-order valence-electron chi connectivity index (χ4n) is 3.00. The van der Waals surface area contributed by atoms with E-state index in [-0.39, 0.29) is 30.7 Å². The molecule has 0 aliphatic carbocycles. The number of fused-ring (bicyclic) bond motifs is 1. The maximum absolute atomic E-state index is 13.2. The number of hydrogen-bond acceptors (Lipinski definition) is 3. The van der Waals surface area contributed by atoms with Crippen LogP contribution in [-0.4, -0.2) is 32.6 Å². The Labute approximate surface area is 163 Å². The molecule has 0 aliphatic rings. The van der Waals surface area contributed by atoms with Gasteiger partial charge < -0.3 is 14.8 Å². The molecule has 144 valence electrons. The average Bonchev–Trinajstić information content (AvgIpc) is 3.07. The molecule has 6 nitrogen and oxygen atoms in total. The molecule has 2 aromatic heterocycles. The highest BCUT2D eigenvalue weighted by Crippen LogP contribution is 2.19. The highest BCUT2D eigenvalue weighted by molar-refractivity contribution is 5.77.